The lowest BCUT2D eigenvalue weighted by Gasteiger charge is -2.17. The van der Waals surface area contributed by atoms with Crippen molar-refractivity contribution in [2.45, 2.75) is 0 Å². The minimum atomic E-state index is 0.591. The third-order valence-corrected chi connectivity index (χ3v) is 11.7. The lowest BCUT2D eigenvalue weighted by Crippen LogP contribution is -2.00. The smallest absolute Gasteiger partial charge is 0.165 e. The number of nitrogens with zero attached hydrogens (tertiary/aromatic N) is 4. The van der Waals surface area contributed by atoms with Crippen molar-refractivity contribution in [1.29, 1.82) is 0 Å². The van der Waals surface area contributed by atoms with E-state index in [9.17, 15) is 0 Å². The Bertz CT molecular complexity index is 3480. The highest BCUT2D eigenvalue weighted by Gasteiger charge is 2.17. The van der Waals surface area contributed by atoms with Crippen LogP contribution in [0.15, 0.2) is 194 Å². The van der Waals surface area contributed by atoms with Gasteiger partial charge in [-0.15, -0.1) is 0 Å². The van der Waals surface area contributed by atoms with Crippen molar-refractivity contribution >= 4 is 64.6 Å². The second kappa shape index (κ2) is 12.9. The molecule has 0 radical (unpaired) electrons. The maximum absolute atomic E-state index is 4.96. The summed E-state index contributed by atoms with van der Waals surface area (Å²) in [6.45, 7) is 0. The van der Waals surface area contributed by atoms with Crippen LogP contribution >= 0.6 is 0 Å². The summed E-state index contributed by atoms with van der Waals surface area (Å²) in [6, 6.07) is 65.5. The van der Waals surface area contributed by atoms with Crippen LogP contribution in [0, 0.1) is 0 Å². The topological polar surface area (TPSA) is 51.6 Å². The molecule has 268 valence electrons. The van der Waals surface area contributed by atoms with E-state index < -0.39 is 0 Å². The molecule has 4 nitrogen and oxygen atoms in total. The van der Waals surface area contributed by atoms with Gasteiger partial charge >= 0.3 is 0 Å². The number of hydrogen-bond acceptors (Lipinski definition) is 4. The van der Waals surface area contributed by atoms with Gasteiger partial charge in [0.25, 0.3) is 0 Å². The first-order chi connectivity index (χ1) is 28.7. The fourth-order valence-electron chi connectivity index (χ4n) is 8.99. The largest absolute Gasteiger partial charge is 0.264 e. The van der Waals surface area contributed by atoms with Crippen LogP contribution in [0.1, 0.15) is 0 Å². The van der Waals surface area contributed by atoms with Crippen LogP contribution in [-0.2, 0) is 0 Å². The molecule has 58 heavy (non-hydrogen) atoms. The van der Waals surface area contributed by atoms with Gasteiger partial charge in [0.05, 0.1) is 0 Å². The van der Waals surface area contributed by atoms with E-state index in [2.05, 4.69) is 145 Å². The van der Waals surface area contributed by atoms with Gasteiger partial charge in [0.1, 0.15) is 0 Å². The van der Waals surface area contributed by atoms with Crippen LogP contribution in [-0.4, -0.2) is 19.9 Å². The Morgan fingerprint density at radius 2 is 0.741 bits per heavy atom. The fraction of sp³-hybridized carbons (Fsp3) is 0. The summed E-state index contributed by atoms with van der Waals surface area (Å²) in [6.07, 6.45) is 3.55. The number of aromatic nitrogens is 4. The van der Waals surface area contributed by atoms with Gasteiger partial charge in [0.2, 0.25) is 0 Å². The van der Waals surface area contributed by atoms with E-state index in [1.165, 1.54) is 75.8 Å². The van der Waals surface area contributed by atoms with E-state index >= 15 is 0 Å². The highest BCUT2D eigenvalue weighted by atomic mass is 15.0. The van der Waals surface area contributed by atoms with Crippen molar-refractivity contribution in [1.82, 2.24) is 19.9 Å². The van der Waals surface area contributed by atoms with Gasteiger partial charge in [-0.3, -0.25) is 4.98 Å². The summed E-state index contributed by atoms with van der Waals surface area (Å²) in [7, 11) is 0. The molecule has 0 aliphatic heterocycles. The average molecular weight is 737 g/mol. The molecule has 0 unspecified atom stereocenters. The van der Waals surface area contributed by atoms with Crippen LogP contribution in [0.4, 0.5) is 0 Å². The first-order valence-electron chi connectivity index (χ1n) is 19.6. The Hall–Kier alpha value is -7.82. The van der Waals surface area contributed by atoms with Gasteiger partial charge in [-0.25, -0.2) is 15.0 Å². The molecule has 0 N–H and O–H groups in total. The Morgan fingerprint density at radius 1 is 0.259 bits per heavy atom. The molecule has 0 saturated carbocycles. The third kappa shape index (κ3) is 5.16. The predicted octanol–water partition coefficient (Wildman–Crippen LogP) is 14.0. The van der Waals surface area contributed by atoms with Crippen molar-refractivity contribution in [2.24, 2.45) is 0 Å². The number of benzene rings is 9. The van der Waals surface area contributed by atoms with E-state index in [0.717, 1.165) is 27.8 Å². The molecule has 12 aromatic rings. The van der Waals surface area contributed by atoms with E-state index in [1.807, 2.05) is 42.5 Å². The van der Waals surface area contributed by atoms with Gasteiger partial charge in [-0.05, 0) is 117 Å². The molecule has 2 heterocycles. The fourth-order valence-corrected chi connectivity index (χ4v) is 8.99. The molecule has 0 bridgehead atoms. The Kier molecular flexibility index (Phi) is 7.20. The molecule has 0 aliphatic carbocycles. The van der Waals surface area contributed by atoms with Crippen LogP contribution in [0.2, 0.25) is 0 Å². The second-order valence-corrected chi connectivity index (χ2v) is 15.0. The lowest BCUT2D eigenvalue weighted by molar-refractivity contribution is 1.07. The minimum Gasteiger partial charge on any atom is -0.264 e. The molecule has 0 saturated heterocycles. The van der Waals surface area contributed by atoms with Gasteiger partial charge in [-0.2, -0.15) is 0 Å². The van der Waals surface area contributed by atoms with Crippen LogP contribution in [0.25, 0.3) is 121 Å². The maximum Gasteiger partial charge on any atom is 0.165 e. The molecule has 0 fully saturated rings. The molecule has 0 amide bonds. The SMILES string of the molecule is c1ccc(-c2nc(-c3cccnc3)nc(-c3cccc(-c4ccc(-c5cc6ccc7cccc8c9cccc%10ccc%11cccc(c(c5)c6c78)c%11c%109)cc4)c3)n2)cc1. The summed E-state index contributed by atoms with van der Waals surface area (Å²) in [5.41, 5.74) is 7.27. The number of rotatable bonds is 5. The van der Waals surface area contributed by atoms with Gasteiger partial charge < -0.3 is 0 Å². The van der Waals surface area contributed by atoms with Gasteiger partial charge in [-0.1, -0.05) is 152 Å². The minimum absolute atomic E-state index is 0.591. The average Bonchev–Trinajstić information content (AvgIpc) is 3.30. The van der Waals surface area contributed by atoms with Crippen molar-refractivity contribution in [3.8, 4) is 56.4 Å². The number of pyridine rings is 1. The zero-order valence-electron chi connectivity index (χ0n) is 31.3. The van der Waals surface area contributed by atoms with Gasteiger partial charge in [0.15, 0.2) is 17.5 Å². The molecular formula is C54H32N4. The van der Waals surface area contributed by atoms with Crippen molar-refractivity contribution in [2.75, 3.05) is 0 Å². The van der Waals surface area contributed by atoms with Crippen LogP contribution < -0.4 is 0 Å². The summed E-state index contributed by atoms with van der Waals surface area (Å²) >= 11 is 0. The Labute approximate surface area is 334 Å². The molecule has 0 spiro atoms. The van der Waals surface area contributed by atoms with Crippen LogP contribution in [0.3, 0.4) is 0 Å². The van der Waals surface area contributed by atoms with Crippen molar-refractivity contribution in [3.63, 3.8) is 0 Å². The zero-order chi connectivity index (χ0) is 38.2. The molecule has 2 aromatic heterocycles. The molecule has 0 aliphatic rings. The van der Waals surface area contributed by atoms with Crippen LogP contribution in [0.5, 0.6) is 0 Å². The van der Waals surface area contributed by atoms with E-state index in [1.54, 1.807) is 12.4 Å². The normalized spacial score (nSPS) is 11.8. The Morgan fingerprint density at radius 3 is 1.36 bits per heavy atom. The van der Waals surface area contributed by atoms with E-state index in [0.29, 0.717) is 17.5 Å². The Balaban J connectivity index is 1.00. The molecular weight excluding hydrogens is 705 g/mol. The van der Waals surface area contributed by atoms with Crippen molar-refractivity contribution < 1.29 is 0 Å². The first kappa shape index (κ1) is 32.4. The number of hydrogen-bond donors (Lipinski definition) is 0. The summed E-state index contributed by atoms with van der Waals surface area (Å²) in [4.78, 5) is 19.1. The second-order valence-electron chi connectivity index (χ2n) is 15.0. The van der Waals surface area contributed by atoms with Crippen molar-refractivity contribution in [3.05, 3.63) is 194 Å². The molecule has 4 heteroatoms. The predicted molar refractivity (Wildman–Crippen MR) is 241 cm³/mol. The zero-order valence-corrected chi connectivity index (χ0v) is 31.3. The van der Waals surface area contributed by atoms with Gasteiger partial charge in [0, 0.05) is 29.1 Å². The third-order valence-electron chi connectivity index (χ3n) is 11.7. The highest BCUT2D eigenvalue weighted by molar-refractivity contribution is 6.37. The molecule has 12 rings (SSSR count). The molecule has 10 aromatic carbocycles. The number of fused-ring (bicyclic) bond motifs is 2. The highest BCUT2D eigenvalue weighted by Crippen LogP contribution is 2.44. The summed E-state index contributed by atoms with van der Waals surface area (Å²) in [5.74, 6) is 1.84. The lowest BCUT2D eigenvalue weighted by atomic mass is 9.86. The monoisotopic (exact) mass is 736 g/mol. The maximum atomic E-state index is 4.96. The summed E-state index contributed by atoms with van der Waals surface area (Å²) in [5, 5.41) is 15.4. The van der Waals surface area contributed by atoms with E-state index in [-0.39, 0.29) is 0 Å². The van der Waals surface area contributed by atoms with E-state index in [4.69, 9.17) is 15.0 Å². The molecule has 0 atom stereocenters. The standard InChI is InChI=1S/C54H32N4/c1-2-9-38(10-3-1)52-56-53(58-54(57-52)42-16-8-28-55-32-42)41-15-4-14-39(29-41)33-20-22-34(23-21-33)43-30-40-27-26-37-12-6-18-45-44-17-5-11-35-24-25-36-13-7-19-46(50(36)48(35)44)47(31-43)51(40)49(37)45/h1-32H. The summed E-state index contributed by atoms with van der Waals surface area (Å²) < 4.78 is 0. The first-order valence-corrected chi connectivity index (χ1v) is 19.6. The quantitative estimate of drug-likeness (QED) is 0.165.